The molecule has 0 heterocycles. The van der Waals surface area contributed by atoms with Crippen molar-refractivity contribution in [1.29, 1.82) is 10.5 Å². The van der Waals surface area contributed by atoms with Gasteiger partial charge in [0.25, 0.3) is 0 Å². The number of nitrogens with zero attached hydrogens (tertiary/aromatic N) is 2. The molecule has 0 aliphatic carbocycles. The van der Waals surface area contributed by atoms with Crippen LogP contribution < -0.4 is 4.74 Å². The van der Waals surface area contributed by atoms with Crippen LogP contribution in [0.3, 0.4) is 0 Å². The van der Waals surface area contributed by atoms with E-state index >= 15 is 0 Å². The van der Waals surface area contributed by atoms with Crippen molar-refractivity contribution < 1.29 is 4.74 Å². The zero-order valence-electron chi connectivity index (χ0n) is 14.5. The quantitative estimate of drug-likeness (QED) is 0.708. The Hall–Kier alpha value is -2.78. The molecular weight excluding hydrogens is 296 g/mol. The normalized spacial score (nSPS) is 11.4. The first-order valence-corrected chi connectivity index (χ1v) is 8.15. The molecule has 0 saturated carbocycles. The van der Waals surface area contributed by atoms with Gasteiger partial charge in [0.1, 0.15) is 5.75 Å². The largest absolute Gasteiger partial charge is 0.493 e. The van der Waals surface area contributed by atoms with Gasteiger partial charge in [-0.3, -0.25) is 0 Å². The fraction of sp³-hybridized carbons (Fsp3) is 0.333. The van der Waals surface area contributed by atoms with Crippen LogP contribution >= 0.6 is 0 Å². The van der Waals surface area contributed by atoms with E-state index in [0.717, 1.165) is 35.3 Å². The summed E-state index contributed by atoms with van der Waals surface area (Å²) in [4.78, 5) is 0. The highest BCUT2D eigenvalue weighted by atomic mass is 16.5. The van der Waals surface area contributed by atoms with Crippen LogP contribution in [-0.4, -0.2) is 6.61 Å². The summed E-state index contributed by atoms with van der Waals surface area (Å²) in [6, 6.07) is 15.9. The van der Waals surface area contributed by atoms with Crippen LogP contribution in [0.2, 0.25) is 0 Å². The Bertz CT molecular complexity index is 756. The predicted molar refractivity (Wildman–Crippen MR) is 94.9 cm³/mol. The number of aryl methyl sites for hydroxylation is 3. The molecule has 1 unspecified atom stereocenters. The van der Waals surface area contributed by atoms with Gasteiger partial charge < -0.3 is 4.74 Å². The van der Waals surface area contributed by atoms with Gasteiger partial charge in [0.15, 0.2) is 0 Å². The highest BCUT2D eigenvalue weighted by Crippen LogP contribution is 2.26. The molecule has 0 N–H and O–H groups in total. The second kappa shape index (κ2) is 8.18. The molecule has 24 heavy (non-hydrogen) atoms. The fourth-order valence-electron chi connectivity index (χ4n) is 2.95. The molecule has 0 spiro atoms. The van der Waals surface area contributed by atoms with Crippen molar-refractivity contribution >= 4 is 0 Å². The molecule has 3 nitrogen and oxygen atoms in total. The summed E-state index contributed by atoms with van der Waals surface area (Å²) < 4.78 is 5.94. The fourth-order valence-corrected chi connectivity index (χ4v) is 2.95. The number of benzene rings is 2. The van der Waals surface area contributed by atoms with Crippen LogP contribution in [0.1, 0.15) is 46.6 Å². The lowest BCUT2D eigenvalue weighted by atomic mass is 9.95. The van der Waals surface area contributed by atoms with E-state index in [-0.39, 0.29) is 5.92 Å². The Morgan fingerprint density at radius 3 is 2.17 bits per heavy atom. The molecule has 2 aromatic rings. The molecular formula is C21H22N2O. The SMILES string of the molecule is Cc1cc(C)c(OCCCC(C#N)c2ccc(C#N)cc2)c(C)c1. The summed E-state index contributed by atoms with van der Waals surface area (Å²) >= 11 is 0. The number of ether oxygens (including phenoxy) is 1. The van der Waals surface area contributed by atoms with E-state index in [0.29, 0.717) is 12.2 Å². The summed E-state index contributed by atoms with van der Waals surface area (Å²) in [6.07, 6.45) is 1.55. The van der Waals surface area contributed by atoms with E-state index in [9.17, 15) is 5.26 Å². The van der Waals surface area contributed by atoms with Crippen molar-refractivity contribution in [2.45, 2.75) is 39.5 Å². The highest BCUT2D eigenvalue weighted by Gasteiger charge is 2.11. The lowest BCUT2D eigenvalue weighted by Crippen LogP contribution is -2.04. The lowest BCUT2D eigenvalue weighted by Gasteiger charge is -2.14. The van der Waals surface area contributed by atoms with Crippen molar-refractivity contribution in [2.75, 3.05) is 6.61 Å². The minimum atomic E-state index is -0.165. The van der Waals surface area contributed by atoms with Crippen molar-refractivity contribution in [1.82, 2.24) is 0 Å². The number of nitriles is 2. The molecule has 0 aromatic heterocycles. The minimum absolute atomic E-state index is 0.165. The van der Waals surface area contributed by atoms with Gasteiger partial charge >= 0.3 is 0 Å². The summed E-state index contributed by atoms with van der Waals surface area (Å²) in [6.45, 7) is 6.80. The average Bonchev–Trinajstić information content (AvgIpc) is 2.57. The van der Waals surface area contributed by atoms with E-state index in [1.54, 1.807) is 12.1 Å². The standard InChI is InChI=1S/C21H22N2O/c1-15-11-16(2)21(17(3)12-15)24-10-4-5-20(14-23)19-8-6-18(13-22)7-9-19/h6-9,11-12,20H,4-5,10H2,1-3H3. The Morgan fingerprint density at radius 1 is 1.00 bits per heavy atom. The highest BCUT2D eigenvalue weighted by molar-refractivity contribution is 5.43. The zero-order valence-corrected chi connectivity index (χ0v) is 14.5. The first-order chi connectivity index (χ1) is 11.5. The smallest absolute Gasteiger partial charge is 0.125 e. The Morgan fingerprint density at radius 2 is 1.62 bits per heavy atom. The van der Waals surface area contributed by atoms with Crippen molar-refractivity contribution in [2.24, 2.45) is 0 Å². The summed E-state index contributed by atoms with van der Waals surface area (Å²) in [5, 5.41) is 18.2. The molecule has 3 heteroatoms. The van der Waals surface area contributed by atoms with E-state index < -0.39 is 0 Å². The third kappa shape index (κ3) is 4.37. The van der Waals surface area contributed by atoms with Crippen LogP contribution in [0.5, 0.6) is 5.75 Å². The van der Waals surface area contributed by atoms with Gasteiger partial charge in [0.05, 0.1) is 30.2 Å². The summed E-state index contributed by atoms with van der Waals surface area (Å²) in [5.74, 6) is 0.786. The van der Waals surface area contributed by atoms with Gasteiger partial charge in [-0.05, 0) is 62.4 Å². The first-order valence-electron chi connectivity index (χ1n) is 8.15. The average molecular weight is 318 g/mol. The van der Waals surface area contributed by atoms with E-state index in [1.165, 1.54) is 5.56 Å². The molecule has 0 bridgehead atoms. The number of hydrogen-bond donors (Lipinski definition) is 0. The van der Waals surface area contributed by atoms with Gasteiger partial charge in [-0.15, -0.1) is 0 Å². The number of hydrogen-bond acceptors (Lipinski definition) is 3. The second-order valence-electron chi connectivity index (χ2n) is 6.13. The van der Waals surface area contributed by atoms with Crippen molar-refractivity contribution in [3.05, 3.63) is 64.2 Å². The Balaban J connectivity index is 1.91. The monoisotopic (exact) mass is 318 g/mol. The zero-order chi connectivity index (χ0) is 17.5. The third-order valence-corrected chi connectivity index (χ3v) is 4.09. The molecule has 0 saturated heterocycles. The molecule has 0 amide bonds. The maximum atomic E-state index is 9.39. The van der Waals surface area contributed by atoms with Crippen molar-refractivity contribution in [3.63, 3.8) is 0 Å². The third-order valence-electron chi connectivity index (χ3n) is 4.09. The van der Waals surface area contributed by atoms with Crippen LogP contribution in [0.4, 0.5) is 0 Å². The predicted octanol–water partition coefficient (Wildman–Crippen LogP) is 4.95. The molecule has 0 aliphatic heterocycles. The van der Waals surface area contributed by atoms with Gasteiger partial charge in [0, 0.05) is 0 Å². The first kappa shape index (κ1) is 17.6. The van der Waals surface area contributed by atoms with Crippen LogP contribution in [0.15, 0.2) is 36.4 Å². The van der Waals surface area contributed by atoms with E-state index in [4.69, 9.17) is 10.00 Å². The summed E-state index contributed by atoms with van der Waals surface area (Å²) in [7, 11) is 0. The Kier molecular flexibility index (Phi) is 5.99. The van der Waals surface area contributed by atoms with Gasteiger partial charge in [-0.1, -0.05) is 29.8 Å². The van der Waals surface area contributed by atoms with E-state index in [2.05, 4.69) is 45.0 Å². The Labute approximate surface area is 144 Å². The molecule has 2 rings (SSSR count). The second-order valence-corrected chi connectivity index (χ2v) is 6.13. The van der Waals surface area contributed by atoms with Crippen molar-refractivity contribution in [3.8, 4) is 17.9 Å². The van der Waals surface area contributed by atoms with Crippen LogP contribution in [0, 0.1) is 43.4 Å². The van der Waals surface area contributed by atoms with Gasteiger partial charge in [-0.2, -0.15) is 10.5 Å². The van der Waals surface area contributed by atoms with Gasteiger partial charge in [0.2, 0.25) is 0 Å². The van der Waals surface area contributed by atoms with Crippen LogP contribution in [0.25, 0.3) is 0 Å². The lowest BCUT2D eigenvalue weighted by molar-refractivity contribution is 0.301. The maximum absolute atomic E-state index is 9.39. The van der Waals surface area contributed by atoms with Crippen LogP contribution in [-0.2, 0) is 0 Å². The maximum Gasteiger partial charge on any atom is 0.125 e. The summed E-state index contributed by atoms with van der Waals surface area (Å²) in [5.41, 5.74) is 5.11. The molecule has 0 aliphatic rings. The van der Waals surface area contributed by atoms with Gasteiger partial charge in [-0.25, -0.2) is 0 Å². The molecule has 122 valence electrons. The minimum Gasteiger partial charge on any atom is -0.493 e. The van der Waals surface area contributed by atoms with E-state index in [1.807, 2.05) is 12.1 Å². The molecule has 0 radical (unpaired) electrons. The molecule has 1 atom stereocenters. The molecule has 0 fully saturated rings. The molecule has 2 aromatic carbocycles. The topological polar surface area (TPSA) is 56.8 Å². The number of rotatable bonds is 6.